The van der Waals surface area contributed by atoms with Crippen molar-refractivity contribution in [3.63, 3.8) is 0 Å². The van der Waals surface area contributed by atoms with Crippen LogP contribution in [0.15, 0.2) is 11.6 Å². The molecule has 0 spiro atoms. The van der Waals surface area contributed by atoms with Crippen LogP contribution in [0.5, 0.6) is 0 Å². The number of alkyl halides is 1. The first-order valence-electron chi connectivity index (χ1n) is 20.0. The summed E-state index contributed by atoms with van der Waals surface area (Å²) in [6, 6.07) is 0.345. The van der Waals surface area contributed by atoms with Gasteiger partial charge in [-0.05, 0) is 95.7 Å². The van der Waals surface area contributed by atoms with Gasteiger partial charge in [0.2, 0.25) is 0 Å². The number of nitrogens with zero attached hydrogens (tertiary/aromatic N) is 1. The fourth-order valence-corrected chi connectivity index (χ4v) is 11.4. The quantitative estimate of drug-likeness (QED) is 0.257. The maximum Gasteiger partial charge on any atom is 0.306 e. The lowest BCUT2D eigenvalue weighted by Gasteiger charge is -2.45. The van der Waals surface area contributed by atoms with Gasteiger partial charge in [0.15, 0.2) is 18.4 Å². The smallest absolute Gasteiger partial charge is 0.306 e. The Morgan fingerprint density at radius 1 is 0.943 bits per heavy atom. The summed E-state index contributed by atoms with van der Waals surface area (Å²) in [6.45, 7) is 6.54. The molecule has 3 heterocycles. The number of ketones is 1. The Bertz CT molecular complexity index is 1280. The molecule has 3 aliphatic heterocycles. The second kappa shape index (κ2) is 18.1. The molecule has 0 aromatic carbocycles. The van der Waals surface area contributed by atoms with Crippen LogP contribution in [0.25, 0.3) is 0 Å². The third-order valence-corrected chi connectivity index (χ3v) is 14.7. The van der Waals surface area contributed by atoms with Crippen molar-refractivity contribution >= 4 is 27.7 Å². The minimum Gasteiger partial charge on any atom is -0.462 e. The van der Waals surface area contributed by atoms with Crippen LogP contribution in [-0.2, 0) is 47.5 Å². The minimum atomic E-state index is -0.769. The summed E-state index contributed by atoms with van der Waals surface area (Å²) in [5.41, 5.74) is 0.630. The summed E-state index contributed by atoms with van der Waals surface area (Å²) >= 11 is 3.91. The largest absolute Gasteiger partial charge is 0.462 e. The summed E-state index contributed by atoms with van der Waals surface area (Å²) in [4.78, 5) is 30.2. The molecule has 5 fully saturated rings. The molecule has 6 rings (SSSR count). The summed E-state index contributed by atoms with van der Waals surface area (Å²) in [7, 11) is 9.03. The Kier molecular flexibility index (Phi) is 14.2. The minimum absolute atomic E-state index is 0.0108. The molecule has 3 aliphatic carbocycles. The summed E-state index contributed by atoms with van der Waals surface area (Å²) in [5, 5.41) is 12.0. The van der Waals surface area contributed by atoms with E-state index in [1.807, 2.05) is 20.8 Å². The molecule has 302 valence electrons. The second-order valence-electron chi connectivity index (χ2n) is 16.6. The van der Waals surface area contributed by atoms with E-state index >= 15 is 0 Å². The van der Waals surface area contributed by atoms with Gasteiger partial charge in [-0.1, -0.05) is 35.9 Å². The van der Waals surface area contributed by atoms with Crippen LogP contribution in [0.1, 0.15) is 78.6 Å². The summed E-state index contributed by atoms with van der Waals surface area (Å²) < 4.78 is 49.2. The Morgan fingerprint density at radius 2 is 1.66 bits per heavy atom. The molecule has 12 nitrogen and oxygen atoms in total. The SMILES string of the molecule is CC[C@H]1CCCC(O[C@H]2CC[C@H](N(C)C)CO2)[C@@H](C)C(=O)C2=C[C@H]3[C@@H]4C[C@H](O[C@@H]5O[C@@H](C)[C@H](OC)[C@@H](OC)[C@H]5OC)C[C@H]4[C@@H](Br)[C@H](O)[C@H]3[C@@H]2CC(=O)O1. The van der Waals surface area contributed by atoms with Crippen LogP contribution in [-0.4, -0.2) is 136 Å². The van der Waals surface area contributed by atoms with Crippen LogP contribution < -0.4 is 0 Å². The maximum absolute atomic E-state index is 14.7. The molecule has 0 bridgehead atoms. The number of rotatable bonds is 9. The van der Waals surface area contributed by atoms with Gasteiger partial charge in [-0.15, -0.1) is 0 Å². The number of aliphatic hydroxyl groups excluding tert-OH is 1. The van der Waals surface area contributed by atoms with E-state index < -0.39 is 30.3 Å². The molecule has 6 aliphatic rings. The van der Waals surface area contributed by atoms with Crippen LogP contribution in [0.3, 0.4) is 0 Å². The molecule has 0 aromatic heterocycles. The zero-order valence-electron chi connectivity index (χ0n) is 32.9. The Balaban J connectivity index is 1.24. The molecule has 0 radical (unpaired) electrons. The molecule has 18 atom stereocenters. The summed E-state index contributed by atoms with van der Waals surface area (Å²) in [5.74, 6) is -1.43. The van der Waals surface area contributed by atoms with E-state index in [0.717, 1.165) is 25.7 Å². The number of cyclic esters (lactones) is 1. The van der Waals surface area contributed by atoms with Gasteiger partial charge in [-0.2, -0.15) is 0 Å². The fourth-order valence-electron chi connectivity index (χ4n) is 10.5. The predicted octanol–water partition coefficient (Wildman–Crippen LogP) is 4.67. The van der Waals surface area contributed by atoms with E-state index in [1.165, 1.54) is 0 Å². The number of ether oxygens (including phenoxy) is 8. The number of fused-ring (bicyclic) bond motifs is 5. The van der Waals surface area contributed by atoms with E-state index in [4.69, 9.17) is 37.9 Å². The van der Waals surface area contributed by atoms with Crippen molar-refractivity contribution in [3.05, 3.63) is 11.6 Å². The molecule has 3 saturated heterocycles. The lowest BCUT2D eigenvalue weighted by atomic mass is 9.64. The monoisotopic (exact) mass is 813 g/mol. The standard InChI is InChI=1S/C40H64BrNO11/c1-9-23-11-10-12-30(53-32-14-13-22(19-49-32)42(4)5)20(2)35(44)29-17-26-25-15-24(52-40-39(48-8)38(47-7)37(46-6)21(3)50-40)16-28(25)34(41)36(45)33(26)27(29)18-31(43)51-23/h17,20-28,30,32-34,36-40,45H,9-16,18-19H2,1-8H3/t20-,21+,22+,23+,24+,25+,26+,27-,28-,30?,32+,33-,34-,36-,37+,38-,39-,40+/m1/s1. The lowest BCUT2D eigenvalue weighted by Crippen LogP contribution is -2.59. The third kappa shape index (κ3) is 8.65. The molecule has 1 N–H and O–H groups in total. The molecular weight excluding hydrogens is 750 g/mol. The highest BCUT2D eigenvalue weighted by Crippen LogP contribution is 2.58. The number of hydrogen-bond acceptors (Lipinski definition) is 12. The van der Waals surface area contributed by atoms with Gasteiger partial charge in [0, 0.05) is 50.0 Å². The van der Waals surface area contributed by atoms with Gasteiger partial charge in [0.25, 0.3) is 0 Å². The topological polar surface area (TPSA) is 131 Å². The first kappa shape index (κ1) is 41.6. The van der Waals surface area contributed by atoms with E-state index in [1.54, 1.807) is 21.3 Å². The van der Waals surface area contributed by atoms with Crippen LogP contribution in [0.4, 0.5) is 0 Å². The Labute approximate surface area is 324 Å². The molecular formula is C40H64BrNO11. The van der Waals surface area contributed by atoms with Gasteiger partial charge in [-0.25, -0.2) is 0 Å². The normalized spacial score (nSPS) is 46.8. The van der Waals surface area contributed by atoms with Crippen LogP contribution in [0, 0.1) is 35.5 Å². The number of esters is 1. The number of methoxy groups -OCH3 is 3. The van der Waals surface area contributed by atoms with Crippen molar-refractivity contribution in [1.82, 2.24) is 4.90 Å². The van der Waals surface area contributed by atoms with Gasteiger partial charge in [0.05, 0.1) is 37.4 Å². The Hall–Kier alpha value is -1.00. The number of halogens is 1. The first-order chi connectivity index (χ1) is 25.4. The van der Waals surface area contributed by atoms with Gasteiger partial charge in [-0.3, -0.25) is 9.59 Å². The van der Waals surface area contributed by atoms with Crippen molar-refractivity contribution in [2.45, 2.75) is 151 Å². The van der Waals surface area contributed by atoms with Crippen molar-refractivity contribution in [1.29, 1.82) is 0 Å². The van der Waals surface area contributed by atoms with E-state index in [-0.39, 0.29) is 89.6 Å². The molecule has 1 unspecified atom stereocenters. The van der Waals surface area contributed by atoms with Crippen molar-refractivity contribution in [2.75, 3.05) is 42.0 Å². The highest BCUT2D eigenvalue weighted by Gasteiger charge is 2.59. The number of Topliss-reactive ketones (excluding diaryl/α,β-unsaturated/α-hetero) is 1. The number of carbonyl (C=O) groups is 2. The highest BCUT2D eigenvalue weighted by molar-refractivity contribution is 9.09. The van der Waals surface area contributed by atoms with E-state index in [9.17, 15) is 14.7 Å². The first-order valence-corrected chi connectivity index (χ1v) is 20.9. The number of aliphatic hydroxyl groups is 1. The average molecular weight is 815 g/mol. The number of likely N-dealkylation sites (N-methyl/N-ethyl adjacent to an activating group) is 1. The molecule has 0 aromatic rings. The van der Waals surface area contributed by atoms with Gasteiger partial charge >= 0.3 is 5.97 Å². The fraction of sp³-hybridized carbons (Fsp3) is 0.900. The highest BCUT2D eigenvalue weighted by atomic mass is 79.9. The van der Waals surface area contributed by atoms with Crippen molar-refractivity contribution in [3.8, 4) is 0 Å². The van der Waals surface area contributed by atoms with E-state index in [0.29, 0.717) is 43.9 Å². The number of hydrogen-bond donors (Lipinski definition) is 1. The zero-order chi connectivity index (χ0) is 38.1. The van der Waals surface area contributed by atoms with E-state index in [2.05, 4.69) is 41.0 Å². The maximum atomic E-state index is 14.7. The van der Waals surface area contributed by atoms with Crippen molar-refractivity contribution in [2.24, 2.45) is 35.5 Å². The zero-order valence-corrected chi connectivity index (χ0v) is 34.5. The number of carbonyl (C=O) groups excluding carboxylic acids is 2. The summed E-state index contributed by atoms with van der Waals surface area (Å²) in [6.07, 6.45) is 4.22. The number of allylic oxidation sites excluding steroid dienone is 2. The Morgan fingerprint density at radius 3 is 2.30 bits per heavy atom. The molecule has 0 amide bonds. The second-order valence-corrected chi connectivity index (χ2v) is 17.7. The van der Waals surface area contributed by atoms with Gasteiger partial charge in [0.1, 0.15) is 24.4 Å². The van der Waals surface area contributed by atoms with Gasteiger partial charge < -0.3 is 47.9 Å². The third-order valence-electron chi connectivity index (χ3n) is 13.5. The molecule has 13 heteroatoms. The predicted molar refractivity (Wildman–Crippen MR) is 199 cm³/mol. The molecule has 2 saturated carbocycles. The average Bonchev–Trinajstić information content (AvgIpc) is 3.73. The molecule has 53 heavy (non-hydrogen) atoms. The van der Waals surface area contributed by atoms with Crippen LogP contribution >= 0.6 is 15.9 Å². The van der Waals surface area contributed by atoms with Crippen molar-refractivity contribution < 1.29 is 52.6 Å². The lowest BCUT2D eigenvalue weighted by molar-refractivity contribution is -0.314. The van der Waals surface area contributed by atoms with Crippen LogP contribution in [0.2, 0.25) is 0 Å².